The van der Waals surface area contributed by atoms with Gasteiger partial charge in [-0.3, -0.25) is 47.9 Å². The van der Waals surface area contributed by atoms with Crippen LogP contribution in [0.1, 0.15) is 205 Å². The number of rotatable bonds is 61. The lowest BCUT2D eigenvalue weighted by Crippen LogP contribution is -2.42. The summed E-state index contributed by atoms with van der Waals surface area (Å²) < 4.78 is 21.4. The van der Waals surface area contributed by atoms with Crippen molar-refractivity contribution in [3.63, 3.8) is 0 Å². The van der Waals surface area contributed by atoms with Gasteiger partial charge >= 0.3 is 23.9 Å². The number of carboxylic acid groups (broad SMARTS) is 4. The molecule has 0 spiro atoms. The van der Waals surface area contributed by atoms with E-state index in [9.17, 15) is 72.9 Å². The molecule has 1 rings (SSSR count). The quantitative estimate of drug-likeness (QED) is 0.0302. The van der Waals surface area contributed by atoms with E-state index in [0.717, 1.165) is 56.9 Å². The first kappa shape index (κ1) is 79.5. The second kappa shape index (κ2) is 52.4. The van der Waals surface area contributed by atoms with E-state index in [4.69, 9.17) is 24.1 Å². The van der Waals surface area contributed by atoms with Gasteiger partial charge in [0.25, 0.3) is 0 Å². The van der Waals surface area contributed by atoms with E-state index in [1.165, 1.54) is 39.0 Å². The number of hydrogen-bond donors (Lipinski definition) is 8. The van der Waals surface area contributed by atoms with Crippen LogP contribution < -0.4 is 21.3 Å². The normalized spacial score (nSPS) is 12.5. The van der Waals surface area contributed by atoms with Gasteiger partial charge in [-0.15, -0.1) is 0 Å². The third kappa shape index (κ3) is 46.6. The van der Waals surface area contributed by atoms with Crippen molar-refractivity contribution in [1.82, 2.24) is 21.3 Å². The molecule has 8 N–H and O–H groups in total. The highest BCUT2D eigenvalue weighted by molar-refractivity contribution is 5.88. The minimum atomic E-state index is -1.45. The number of unbranched alkanes of at least 4 members (excludes halogenated alkanes) is 14. The summed E-state index contributed by atoms with van der Waals surface area (Å²) >= 11 is 0. The van der Waals surface area contributed by atoms with E-state index >= 15 is 0 Å². The fourth-order valence-electron chi connectivity index (χ4n) is 9.45. The third-order valence-electron chi connectivity index (χ3n) is 14.7. The number of ether oxygens (including phenoxy) is 4. The first-order valence-corrected chi connectivity index (χ1v) is 31.7. The van der Waals surface area contributed by atoms with Gasteiger partial charge in [0, 0.05) is 83.4 Å². The Bertz CT molecular complexity index is 2210. The Kier molecular flexibility index (Phi) is 47.4. The highest BCUT2D eigenvalue weighted by atomic mass is 16.5. The van der Waals surface area contributed by atoms with Gasteiger partial charge in [0.1, 0.15) is 42.6 Å². The van der Waals surface area contributed by atoms with Crippen LogP contribution in [0.3, 0.4) is 0 Å². The second-order valence-electron chi connectivity index (χ2n) is 22.4. The minimum absolute atomic E-state index is 0.0159. The predicted molar refractivity (Wildman–Crippen MR) is 325 cm³/mol. The highest BCUT2D eigenvalue weighted by Crippen LogP contribution is 2.19. The Balaban J connectivity index is 2.08. The number of Topliss-reactive ketones (excluding diaryl/α,β-unsaturated/α-hetero) is 4. The number of hydrogen-bond acceptors (Lipinski definition) is 16. The molecule has 0 aliphatic heterocycles. The molecule has 0 unspecified atom stereocenters. The first-order valence-electron chi connectivity index (χ1n) is 31.7. The third-order valence-corrected chi connectivity index (χ3v) is 14.7. The van der Waals surface area contributed by atoms with E-state index in [0.29, 0.717) is 44.9 Å². The molecular weight excluding hydrogens is 1140 g/mol. The number of carbonyl (C=O) groups excluding carboxylic acids is 8. The zero-order valence-electron chi connectivity index (χ0n) is 52.0. The molecule has 24 nitrogen and oxygen atoms in total. The Labute approximate surface area is 518 Å². The van der Waals surface area contributed by atoms with Crippen molar-refractivity contribution in [2.24, 2.45) is 11.8 Å². The molecular formula is C64H102N4O20. The molecule has 0 aliphatic carbocycles. The summed E-state index contributed by atoms with van der Waals surface area (Å²) in [6.45, 7) is 2.00. The van der Waals surface area contributed by atoms with Crippen molar-refractivity contribution in [3.8, 4) is 0 Å². The van der Waals surface area contributed by atoms with Gasteiger partial charge in [0.2, 0.25) is 23.6 Å². The molecule has 1 aromatic carbocycles. The van der Waals surface area contributed by atoms with Crippen LogP contribution in [0.2, 0.25) is 0 Å². The number of carbonyl (C=O) groups is 12. The molecule has 498 valence electrons. The van der Waals surface area contributed by atoms with Gasteiger partial charge in [0.15, 0.2) is 5.78 Å². The van der Waals surface area contributed by atoms with Crippen LogP contribution in [0, 0.1) is 11.8 Å². The van der Waals surface area contributed by atoms with E-state index < -0.39 is 78.4 Å². The fraction of sp³-hybridized carbons (Fsp3) is 0.719. The lowest BCUT2D eigenvalue weighted by molar-refractivity contribution is -0.145. The number of carboxylic acids is 4. The van der Waals surface area contributed by atoms with Gasteiger partial charge < -0.3 is 60.6 Å². The number of benzene rings is 1. The topological polar surface area (TPSA) is 371 Å². The molecule has 1 aromatic rings. The first-order chi connectivity index (χ1) is 42.3. The molecule has 4 atom stereocenters. The Morgan fingerprint density at radius 3 is 1.44 bits per heavy atom. The number of aliphatic carboxylic acids is 4. The maximum atomic E-state index is 12.7. The molecule has 0 aromatic heterocycles. The second-order valence-corrected chi connectivity index (χ2v) is 22.4. The van der Waals surface area contributed by atoms with Crippen molar-refractivity contribution in [3.05, 3.63) is 35.9 Å². The number of amides is 4. The molecule has 24 heteroatoms. The molecule has 0 radical (unpaired) electrons. The van der Waals surface area contributed by atoms with Crippen molar-refractivity contribution >= 4 is 70.6 Å². The Morgan fingerprint density at radius 1 is 0.386 bits per heavy atom. The van der Waals surface area contributed by atoms with E-state index in [1.807, 2.05) is 30.3 Å². The molecule has 0 saturated heterocycles. The van der Waals surface area contributed by atoms with Crippen molar-refractivity contribution in [2.75, 3.05) is 65.9 Å². The fourth-order valence-corrected chi connectivity index (χ4v) is 9.45. The summed E-state index contributed by atoms with van der Waals surface area (Å²) in [6.07, 6.45) is 17.0. The van der Waals surface area contributed by atoms with E-state index in [-0.39, 0.29) is 153 Å². The zero-order chi connectivity index (χ0) is 65.0. The number of nitrogens with one attached hydrogen (secondary N) is 4. The highest BCUT2D eigenvalue weighted by Gasteiger charge is 2.26. The average Bonchev–Trinajstić information content (AvgIpc) is 3.70. The van der Waals surface area contributed by atoms with Crippen LogP contribution in [-0.4, -0.2) is 169 Å². The Morgan fingerprint density at radius 2 is 0.875 bits per heavy atom. The maximum Gasteiger partial charge on any atom is 0.326 e. The summed E-state index contributed by atoms with van der Waals surface area (Å²) in [5.74, 6) is -8.91. The average molecular weight is 1250 g/mol. The van der Waals surface area contributed by atoms with Gasteiger partial charge in [-0.1, -0.05) is 114 Å². The van der Waals surface area contributed by atoms with E-state index in [2.05, 4.69) is 21.3 Å². The number of ketones is 4. The summed E-state index contributed by atoms with van der Waals surface area (Å²) in [5, 5.41) is 47.7. The summed E-state index contributed by atoms with van der Waals surface area (Å²) in [5.41, 5.74) is 1.05. The molecule has 0 aliphatic rings. The van der Waals surface area contributed by atoms with Crippen LogP contribution in [0.4, 0.5) is 0 Å². The van der Waals surface area contributed by atoms with Gasteiger partial charge in [-0.25, -0.2) is 9.59 Å². The lowest BCUT2D eigenvalue weighted by atomic mass is 9.91. The minimum Gasteiger partial charge on any atom is -0.481 e. The maximum absolute atomic E-state index is 12.7. The van der Waals surface area contributed by atoms with Crippen molar-refractivity contribution in [1.29, 1.82) is 0 Å². The monoisotopic (exact) mass is 1250 g/mol. The van der Waals surface area contributed by atoms with Gasteiger partial charge in [-0.2, -0.15) is 0 Å². The summed E-state index contributed by atoms with van der Waals surface area (Å²) in [7, 11) is 0. The van der Waals surface area contributed by atoms with Crippen LogP contribution in [0.5, 0.6) is 0 Å². The van der Waals surface area contributed by atoms with Gasteiger partial charge in [0.05, 0.1) is 39.0 Å². The van der Waals surface area contributed by atoms with Crippen LogP contribution in [0.15, 0.2) is 30.3 Å². The predicted octanol–water partition coefficient (Wildman–Crippen LogP) is 7.07. The molecule has 0 fully saturated rings. The standard InChI is InChI=1S/C64H102N4O20/c1-48(69)50(44-52(70)30-28-49-22-15-14-16-23-49)24-19-20-36-65-57(73)34-29-51(62(79)80)45-53(71)31-32-55(63(81)82)68-60(76)47-88-43-40-85-38-21-25-54(72)46-87-42-41-86-39-37-66-58(74)35-33-56(64(83)84)67-59(75)26-17-12-10-8-6-4-2-3-5-7-9-11-13-18-27-61(77)78/h14-16,22-23,50-51,55-56H,2-13,17-21,24-47H2,1H3,(H,65,73)(H,66,74)(H,67,75)(H,68,76)(H,77,78)(H,79,80)(H,81,82)(H,83,84)/t50-,51-,55+,56+/m1/s1. The van der Waals surface area contributed by atoms with E-state index in [1.54, 1.807) is 0 Å². The van der Waals surface area contributed by atoms with Crippen LogP contribution in [0.25, 0.3) is 0 Å². The van der Waals surface area contributed by atoms with Crippen molar-refractivity contribution < 1.29 is 96.9 Å². The van der Waals surface area contributed by atoms with Gasteiger partial charge in [-0.05, 0) is 70.3 Å². The zero-order valence-corrected chi connectivity index (χ0v) is 52.0. The molecule has 88 heavy (non-hydrogen) atoms. The summed E-state index contributed by atoms with van der Waals surface area (Å²) in [4.78, 5) is 145. The smallest absolute Gasteiger partial charge is 0.326 e. The lowest BCUT2D eigenvalue weighted by Gasteiger charge is -2.16. The Hall–Kier alpha value is -6.50. The molecule has 0 heterocycles. The van der Waals surface area contributed by atoms with Crippen molar-refractivity contribution in [2.45, 2.75) is 218 Å². The SMILES string of the molecule is CC(=O)[C@H](CCCCNC(=O)CC[C@H](CC(=O)CC[C@H](NC(=O)COCCOCCCC(=O)COCCOCCNC(=O)CC[C@H](NC(=O)CCCCCCCCCCCCCCCCC(=O)O)C(=O)O)C(=O)O)C(=O)O)CC(=O)CCc1ccccc1. The summed E-state index contributed by atoms with van der Waals surface area (Å²) in [6, 6.07) is 6.98. The molecule has 4 amide bonds. The van der Waals surface area contributed by atoms with Crippen LogP contribution >= 0.6 is 0 Å². The molecule has 0 bridgehead atoms. The molecule has 0 saturated carbocycles. The van der Waals surface area contributed by atoms with Crippen LogP contribution in [-0.2, 0) is 82.9 Å². The number of aryl methyl sites for hydroxylation is 1. The largest absolute Gasteiger partial charge is 0.481 e.